The molecule has 148 valence electrons. The molecule has 0 radical (unpaired) electrons. The Kier molecular flexibility index (Phi) is 7.94. The van der Waals surface area contributed by atoms with Crippen LogP contribution in [-0.4, -0.2) is 41.5 Å². The van der Waals surface area contributed by atoms with E-state index in [0.29, 0.717) is 30.2 Å². The smallest absolute Gasteiger partial charge is 0.214 e. The number of methoxy groups -OCH3 is 2. The minimum atomic E-state index is -3.39. The maximum Gasteiger partial charge on any atom is 0.214 e. The Morgan fingerprint density at radius 2 is 1.59 bits per heavy atom. The van der Waals surface area contributed by atoms with Crippen molar-refractivity contribution < 1.29 is 22.6 Å². The molecule has 0 aliphatic carbocycles. The zero-order chi connectivity index (χ0) is 19.7. The Balaban J connectivity index is 1.77. The van der Waals surface area contributed by atoms with Crippen molar-refractivity contribution >= 4 is 10.0 Å². The largest absolute Gasteiger partial charge is 0.493 e. The molecule has 0 aromatic heterocycles. The molecule has 1 N–H and O–H groups in total. The molecule has 0 aliphatic rings. The summed E-state index contributed by atoms with van der Waals surface area (Å²) in [7, 11) is -0.249. The van der Waals surface area contributed by atoms with Crippen LogP contribution in [0.25, 0.3) is 0 Å². The average molecular weight is 394 g/mol. The SMILES string of the molecule is CCc1ccc(OCCS(=O)(=O)NCCc2ccc(OC)c(OC)c2)cc1. The first-order valence-electron chi connectivity index (χ1n) is 8.87. The van der Waals surface area contributed by atoms with E-state index in [1.54, 1.807) is 20.3 Å². The summed E-state index contributed by atoms with van der Waals surface area (Å²) < 4.78 is 42.8. The highest BCUT2D eigenvalue weighted by Crippen LogP contribution is 2.27. The zero-order valence-electron chi connectivity index (χ0n) is 16.0. The van der Waals surface area contributed by atoms with Crippen LogP contribution in [0.3, 0.4) is 0 Å². The van der Waals surface area contributed by atoms with Gasteiger partial charge in [-0.05, 0) is 48.2 Å². The third-order valence-electron chi connectivity index (χ3n) is 4.14. The van der Waals surface area contributed by atoms with Gasteiger partial charge in [-0.2, -0.15) is 0 Å². The Morgan fingerprint density at radius 3 is 2.22 bits per heavy atom. The molecule has 0 fully saturated rings. The van der Waals surface area contributed by atoms with Gasteiger partial charge >= 0.3 is 0 Å². The summed E-state index contributed by atoms with van der Waals surface area (Å²) >= 11 is 0. The average Bonchev–Trinajstić information content (AvgIpc) is 2.68. The third kappa shape index (κ3) is 6.77. The summed E-state index contributed by atoms with van der Waals surface area (Å²) in [5, 5.41) is 0. The van der Waals surface area contributed by atoms with Crippen molar-refractivity contribution in [3.05, 3.63) is 53.6 Å². The second kappa shape index (κ2) is 10.2. The van der Waals surface area contributed by atoms with Crippen molar-refractivity contribution in [2.24, 2.45) is 0 Å². The molecule has 6 nitrogen and oxygen atoms in total. The highest BCUT2D eigenvalue weighted by Gasteiger charge is 2.11. The van der Waals surface area contributed by atoms with Crippen molar-refractivity contribution in [3.8, 4) is 17.2 Å². The number of aryl methyl sites for hydroxylation is 1. The van der Waals surface area contributed by atoms with E-state index in [0.717, 1.165) is 12.0 Å². The summed E-state index contributed by atoms with van der Waals surface area (Å²) in [5.74, 6) is 1.85. The minimum Gasteiger partial charge on any atom is -0.493 e. The van der Waals surface area contributed by atoms with Crippen LogP contribution in [0.5, 0.6) is 17.2 Å². The van der Waals surface area contributed by atoms with Crippen LogP contribution in [0.1, 0.15) is 18.1 Å². The summed E-state index contributed by atoms with van der Waals surface area (Å²) in [5.41, 5.74) is 2.18. The summed E-state index contributed by atoms with van der Waals surface area (Å²) in [4.78, 5) is 0. The van der Waals surface area contributed by atoms with Crippen LogP contribution < -0.4 is 18.9 Å². The lowest BCUT2D eigenvalue weighted by molar-refractivity contribution is 0.340. The van der Waals surface area contributed by atoms with E-state index in [9.17, 15) is 8.42 Å². The molecule has 0 unspecified atom stereocenters. The number of rotatable bonds is 11. The second-order valence-electron chi connectivity index (χ2n) is 6.00. The Labute approximate surface area is 161 Å². The lowest BCUT2D eigenvalue weighted by Gasteiger charge is -2.11. The van der Waals surface area contributed by atoms with Crippen LogP contribution in [0, 0.1) is 0 Å². The molecular weight excluding hydrogens is 366 g/mol. The fraction of sp³-hybridized carbons (Fsp3) is 0.400. The van der Waals surface area contributed by atoms with Crippen LogP contribution >= 0.6 is 0 Å². The van der Waals surface area contributed by atoms with Gasteiger partial charge in [-0.1, -0.05) is 25.1 Å². The Bertz CT molecular complexity index is 819. The first-order chi connectivity index (χ1) is 13.0. The lowest BCUT2D eigenvalue weighted by Crippen LogP contribution is -2.30. The second-order valence-corrected chi connectivity index (χ2v) is 7.92. The van der Waals surface area contributed by atoms with Gasteiger partial charge in [-0.3, -0.25) is 0 Å². The predicted octanol–water partition coefficient (Wildman–Crippen LogP) is 2.81. The van der Waals surface area contributed by atoms with Gasteiger partial charge in [-0.15, -0.1) is 0 Å². The Hall–Kier alpha value is -2.25. The molecule has 0 bridgehead atoms. The van der Waals surface area contributed by atoms with Crippen molar-refractivity contribution in [2.75, 3.05) is 33.1 Å². The molecule has 2 aromatic carbocycles. The standard InChI is InChI=1S/C20H27NO5S/c1-4-16-5-8-18(9-6-16)26-13-14-27(22,23)21-12-11-17-7-10-19(24-2)20(15-17)25-3/h5-10,15,21H,4,11-14H2,1-3H3. The monoisotopic (exact) mass is 393 g/mol. The van der Waals surface area contributed by atoms with Gasteiger partial charge in [0.2, 0.25) is 10.0 Å². The van der Waals surface area contributed by atoms with E-state index >= 15 is 0 Å². The molecule has 0 spiro atoms. The summed E-state index contributed by atoms with van der Waals surface area (Å²) in [6.07, 6.45) is 1.51. The Morgan fingerprint density at radius 1 is 0.926 bits per heavy atom. The van der Waals surface area contributed by atoms with Crippen molar-refractivity contribution in [3.63, 3.8) is 0 Å². The number of ether oxygens (including phenoxy) is 3. The van der Waals surface area contributed by atoms with Crippen molar-refractivity contribution in [1.29, 1.82) is 0 Å². The predicted molar refractivity (Wildman–Crippen MR) is 106 cm³/mol. The maximum atomic E-state index is 12.1. The van der Waals surface area contributed by atoms with Crippen LogP contribution in [0.2, 0.25) is 0 Å². The molecule has 0 heterocycles. The third-order valence-corrected chi connectivity index (χ3v) is 5.48. The molecule has 0 amide bonds. The van der Waals surface area contributed by atoms with Crippen LogP contribution in [0.4, 0.5) is 0 Å². The quantitative estimate of drug-likeness (QED) is 0.635. The van der Waals surface area contributed by atoms with Gasteiger partial charge in [0.1, 0.15) is 12.4 Å². The first-order valence-corrected chi connectivity index (χ1v) is 10.5. The van der Waals surface area contributed by atoms with Gasteiger partial charge in [0, 0.05) is 6.54 Å². The normalized spacial score (nSPS) is 11.2. The molecule has 27 heavy (non-hydrogen) atoms. The van der Waals surface area contributed by atoms with E-state index in [2.05, 4.69) is 11.6 Å². The number of hydrogen-bond acceptors (Lipinski definition) is 5. The molecule has 0 aliphatic heterocycles. The molecule has 2 rings (SSSR count). The van der Waals surface area contributed by atoms with Crippen LogP contribution in [-0.2, 0) is 22.9 Å². The zero-order valence-corrected chi connectivity index (χ0v) is 16.8. The van der Waals surface area contributed by atoms with Gasteiger partial charge in [0.05, 0.1) is 20.0 Å². The lowest BCUT2D eigenvalue weighted by atomic mass is 10.1. The number of sulfonamides is 1. The van der Waals surface area contributed by atoms with Crippen LogP contribution in [0.15, 0.2) is 42.5 Å². The molecular formula is C20H27NO5S. The van der Waals surface area contributed by atoms with Crippen molar-refractivity contribution in [2.45, 2.75) is 19.8 Å². The van der Waals surface area contributed by atoms with E-state index < -0.39 is 10.0 Å². The minimum absolute atomic E-state index is 0.0888. The summed E-state index contributed by atoms with van der Waals surface area (Å²) in [6.45, 7) is 2.50. The number of benzene rings is 2. The topological polar surface area (TPSA) is 73.9 Å². The number of hydrogen-bond donors (Lipinski definition) is 1. The fourth-order valence-corrected chi connectivity index (χ4v) is 3.41. The number of nitrogens with one attached hydrogen (secondary N) is 1. The van der Waals surface area contributed by atoms with Gasteiger partial charge < -0.3 is 14.2 Å². The van der Waals surface area contributed by atoms with Crippen molar-refractivity contribution in [1.82, 2.24) is 4.72 Å². The molecule has 0 saturated carbocycles. The summed E-state index contributed by atoms with van der Waals surface area (Å²) in [6, 6.07) is 13.2. The molecule has 7 heteroatoms. The van der Waals surface area contributed by atoms with Gasteiger partial charge in [0.15, 0.2) is 11.5 Å². The van der Waals surface area contributed by atoms with E-state index in [4.69, 9.17) is 14.2 Å². The van der Waals surface area contributed by atoms with Gasteiger partial charge in [0.25, 0.3) is 0 Å². The van der Waals surface area contributed by atoms with E-state index in [-0.39, 0.29) is 12.4 Å². The van der Waals surface area contributed by atoms with Gasteiger partial charge in [-0.25, -0.2) is 13.1 Å². The molecule has 0 saturated heterocycles. The highest BCUT2D eigenvalue weighted by atomic mass is 32.2. The first kappa shape index (κ1) is 21.1. The van der Waals surface area contributed by atoms with E-state index in [1.165, 1.54) is 5.56 Å². The fourth-order valence-electron chi connectivity index (χ4n) is 2.55. The highest BCUT2D eigenvalue weighted by molar-refractivity contribution is 7.89. The molecule has 0 atom stereocenters. The van der Waals surface area contributed by atoms with E-state index in [1.807, 2.05) is 36.4 Å². The molecule has 2 aromatic rings. The maximum absolute atomic E-state index is 12.1.